The molecule has 0 fully saturated rings. The summed E-state index contributed by atoms with van der Waals surface area (Å²) in [6, 6.07) is 14.2. The fourth-order valence-electron chi connectivity index (χ4n) is 2.47. The number of benzene rings is 2. The maximum absolute atomic E-state index is 12.2. The van der Waals surface area contributed by atoms with Gasteiger partial charge in [-0.2, -0.15) is 0 Å². The molecule has 1 heterocycles. The predicted molar refractivity (Wildman–Crippen MR) is 112 cm³/mol. The zero-order chi connectivity index (χ0) is 20.8. The van der Waals surface area contributed by atoms with Crippen molar-refractivity contribution >= 4 is 29.3 Å². The second kappa shape index (κ2) is 9.24. The Morgan fingerprint density at radius 3 is 2.41 bits per heavy atom. The van der Waals surface area contributed by atoms with E-state index in [1.807, 2.05) is 24.3 Å². The van der Waals surface area contributed by atoms with Gasteiger partial charge in [0, 0.05) is 30.9 Å². The average Bonchev–Trinajstić information content (AvgIpc) is 3.21. The highest BCUT2D eigenvalue weighted by Gasteiger charge is 2.11. The summed E-state index contributed by atoms with van der Waals surface area (Å²) in [7, 11) is 5.00. The van der Waals surface area contributed by atoms with Crippen molar-refractivity contribution in [3.05, 3.63) is 54.1 Å². The first-order chi connectivity index (χ1) is 14.0. The Labute approximate surface area is 172 Å². The summed E-state index contributed by atoms with van der Waals surface area (Å²) in [5.74, 6) is 1.28. The third kappa shape index (κ3) is 5.35. The third-order valence-corrected chi connectivity index (χ3v) is 4.83. The van der Waals surface area contributed by atoms with Gasteiger partial charge in [-0.15, -0.1) is 5.10 Å². The molecule has 8 nitrogen and oxygen atoms in total. The van der Waals surface area contributed by atoms with Crippen molar-refractivity contribution < 1.29 is 14.3 Å². The number of aromatic nitrogens is 3. The van der Waals surface area contributed by atoms with E-state index in [1.165, 1.54) is 16.7 Å². The molecule has 2 N–H and O–H groups in total. The smallest absolute Gasteiger partial charge is 0.253 e. The minimum absolute atomic E-state index is 0.0873. The normalized spacial score (nSPS) is 10.4. The number of H-pyrrole nitrogens is 1. The molecule has 0 spiro atoms. The summed E-state index contributed by atoms with van der Waals surface area (Å²) >= 11 is 1.23. The number of nitrogens with one attached hydrogen (secondary N) is 2. The van der Waals surface area contributed by atoms with E-state index in [-0.39, 0.29) is 17.6 Å². The van der Waals surface area contributed by atoms with Crippen LogP contribution in [0.3, 0.4) is 0 Å². The zero-order valence-electron chi connectivity index (χ0n) is 16.3. The van der Waals surface area contributed by atoms with Crippen molar-refractivity contribution in [1.29, 1.82) is 0 Å². The maximum Gasteiger partial charge on any atom is 0.253 e. The van der Waals surface area contributed by atoms with E-state index < -0.39 is 0 Å². The molecule has 3 aromatic rings. The molecule has 0 unspecified atom stereocenters. The molecule has 0 atom stereocenters. The summed E-state index contributed by atoms with van der Waals surface area (Å²) < 4.78 is 5.14. The lowest BCUT2D eigenvalue weighted by molar-refractivity contribution is -0.113. The van der Waals surface area contributed by atoms with Crippen molar-refractivity contribution in [2.24, 2.45) is 0 Å². The molecular weight excluding hydrogens is 390 g/mol. The lowest BCUT2D eigenvalue weighted by Gasteiger charge is -2.10. The lowest BCUT2D eigenvalue weighted by Crippen LogP contribution is -2.21. The SMILES string of the molecule is COc1ccc(-c2nc(SCC(=O)Nc3ccc(C(=O)N(C)C)cc3)n[nH]2)cc1. The first-order valence-electron chi connectivity index (χ1n) is 8.77. The van der Waals surface area contributed by atoms with Crippen molar-refractivity contribution in [3.8, 4) is 17.1 Å². The number of hydrogen-bond donors (Lipinski definition) is 2. The molecule has 150 valence electrons. The van der Waals surface area contributed by atoms with Crippen LogP contribution in [0.2, 0.25) is 0 Å². The van der Waals surface area contributed by atoms with Crippen molar-refractivity contribution in [2.75, 3.05) is 32.3 Å². The first-order valence-corrected chi connectivity index (χ1v) is 9.76. The first kappa shape index (κ1) is 20.4. The standard InChI is InChI=1S/C20H21N5O3S/c1-25(2)19(27)14-4-8-15(9-5-14)21-17(26)12-29-20-22-18(23-24-20)13-6-10-16(28-3)11-7-13/h4-11H,12H2,1-3H3,(H,21,26)(H,22,23,24). The molecule has 0 aliphatic heterocycles. The number of anilines is 1. The van der Waals surface area contributed by atoms with Crippen molar-refractivity contribution in [3.63, 3.8) is 0 Å². The number of ether oxygens (including phenoxy) is 1. The van der Waals surface area contributed by atoms with Crippen LogP contribution in [-0.2, 0) is 4.79 Å². The fourth-order valence-corrected chi connectivity index (χ4v) is 3.07. The Balaban J connectivity index is 1.53. The largest absolute Gasteiger partial charge is 0.497 e. The highest BCUT2D eigenvalue weighted by atomic mass is 32.2. The quantitative estimate of drug-likeness (QED) is 0.580. The molecule has 9 heteroatoms. The molecule has 0 radical (unpaired) electrons. The topological polar surface area (TPSA) is 100 Å². The highest BCUT2D eigenvalue weighted by Crippen LogP contribution is 2.22. The minimum atomic E-state index is -0.183. The van der Waals surface area contributed by atoms with Gasteiger partial charge in [0.15, 0.2) is 5.82 Å². The second-order valence-corrected chi connectivity index (χ2v) is 7.25. The monoisotopic (exact) mass is 411 g/mol. The number of thioether (sulfide) groups is 1. The van der Waals surface area contributed by atoms with Crippen LogP contribution in [0.5, 0.6) is 5.75 Å². The van der Waals surface area contributed by atoms with E-state index in [1.54, 1.807) is 45.5 Å². The summed E-state index contributed by atoms with van der Waals surface area (Å²) in [5.41, 5.74) is 2.07. The predicted octanol–water partition coefficient (Wildman–Crippen LogP) is 2.91. The van der Waals surface area contributed by atoms with E-state index in [4.69, 9.17) is 4.74 Å². The molecule has 0 bridgehead atoms. The Bertz CT molecular complexity index is 984. The van der Waals surface area contributed by atoms with Crippen LogP contribution >= 0.6 is 11.8 Å². The summed E-state index contributed by atoms with van der Waals surface area (Å²) in [5, 5.41) is 10.3. The summed E-state index contributed by atoms with van der Waals surface area (Å²) in [4.78, 5) is 30.0. The fraction of sp³-hybridized carbons (Fsp3) is 0.200. The molecule has 0 aliphatic carbocycles. The number of carbonyl (C=O) groups excluding carboxylic acids is 2. The minimum Gasteiger partial charge on any atom is -0.497 e. The molecule has 29 heavy (non-hydrogen) atoms. The van der Waals surface area contributed by atoms with Gasteiger partial charge in [0.25, 0.3) is 5.91 Å². The number of nitrogens with zero attached hydrogens (tertiary/aromatic N) is 3. The van der Waals surface area contributed by atoms with Gasteiger partial charge in [-0.3, -0.25) is 14.7 Å². The van der Waals surface area contributed by atoms with Crippen LogP contribution in [-0.4, -0.2) is 58.9 Å². The molecule has 3 rings (SSSR count). The maximum atomic E-state index is 12.2. The van der Waals surface area contributed by atoms with Crippen LogP contribution < -0.4 is 10.1 Å². The van der Waals surface area contributed by atoms with Crippen LogP contribution in [0.25, 0.3) is 11.4 Å². The van der Waals surface area contributed by atoms with Gasteiger partial charge in [0.1, 0.15) is 5.75 Å². The zero-order valence-corrected chi connectivity index (χ0v) is 17.1. The van der Waals surface area contributed by atoms with Gasteiger partial charge >= 0.3 is 0 Å². The second-order valence-electron chi connectivity index (χ2n) is 6.31. The van der Waals surface area contributed by atoms with Crippen molar-refractivity contribution in [1.82, 2.24) is 20.1 Å². The number of hydrogen-bond acceptors (Lipinski definition) is 6. The number of carbonyl (C=O) groups is 2. The summed E-state index contributed by atoms with van der Waals surface area (Å²) in [6.07, 6.45) is 0. The van der Waals surface area contributed by atoms with Gasteiger partial charge in [0.05, 0.1) is 12.9 Å². The van der Waals surface area contributed by atoms with Crippen LogP contribution in [0.4, 0.5) is 5.69 Å². The number of aromatic amines is 1. The average molecular weight is 411 g/mol. The van der Waals surface area contributed by atoms with Crippen LogP contribution in [0.1, 0.15) is 10.4 Å². The summed E-state index contributed by atoms with van der Waals surface area (Å²) in [6.45, 7) is 0. The Kier molecular flexibility index (Phi) is 6.50. The molecule has 2 aromatic carbocycles. The van der Waals surface area contributed by atoms with E-state index in [9.17, 15) is 9.59 Å². The van der Waals surface area contributed by atoms with Crippen LogP contribution in [0, 0.1) is 0 Å². The number of methoxy groups -OCH3 is 1. The third-order valence-electron chi connectivity index (χ3n) is 3.98. The van der Waals surface area contributed by atoms with Gasteiger partial charge in [-0.05, 0) is 48.5 Å². The van der Waals surface area contributed by atoms with Gasteiger partial charge in [-0.25, -0.2) is 4.98 Å². The molecule has 2 amide bonds. The molecule has 0 aliphatic rings. The Morgan fingerprint density at radius 1 is 1.10 bits per heavy atom. The van der Waals surface area contributed by atoms with E-state index in [0.29, 0.717) is 22.2 Å². The van der Waals surface area contributed by atoms with E-state index in [2.05, 4.69) is 20.5 Å². The van der Waals surface area contributed by atoms with Gasteiger partial charge < -0.3 is 15.0 Å². The van der Waals surface area contributed by atoms with Gasteiger partial charge in [-0.1, -0.05) is 11.8 Å². The van der Waals surface area contributed by atoms with E-state index >= 15 is 0 Å². The number of rotatable bonds is 7. The van der Waals surface area contributed by atoms with Crippen LogP contribution in [0.15, 0.2) is 53.7 Å². The molecular formula is C20H21N5O3S. The molecule has 1 aromatic heterocycles. The van der Waals surface area contributed by atoms with E-state index in [0.717, 1.165) is 11.3 Å². The lowest BCUT2D eigenvalue weighted by atomic mass is 10.2. The Morgan fingerprint density at radius 2 is 1.79 bits per heavy atom. The molecule has 0 saturated carbocycles. The van der Waals surface area contributed by atoms with Gasteiger partial charge in [0.2, 0.25) is 11.1 Å². The highest BCUT2D eigenvalue weighted by molar-refractivity contribution is 7.99. The number of amides is 2. The molecule has 0 saturated heterocycles. The van der Waals surface area contributed by atoms with Crippen molar-refractivity contribution in [2.45, 2.75) is 5.16 Å². The Hall–Kier alpha value is -3.33.